The van der Waals surface area contributed by atoms with Gasteiger partial charge >= 0.3 is 12.0 Å². The highest BCUT2D eigenvalue weighted by Gasteiger charge is 2.43. The van der Waals surface area contributed by atoms with Crippen LogP contribution in [0.1, 0.15) is 25.1 Å². The van der Waals surface area contributed by atoms with Crippen LogP contribution in [0.4, 0.5) is 24.1 Å². The molecular formula is C17H21F3N7O2S+. The fourth-order valence-corrected chi connectivity index (χ4v) is 3.97. The van der Waals surface area contributed by atoms with E-state index in [4.69, 9.17) is 15.9 Å². The van der Waals surface area contributed by atoms with Gasteiger partial charge in [0.2, 0.25) is 17.6 Å². The van der Waals surface area contributed by atoms with Crippen LogP contribution in [-0.2, 0) is 11.3 Å². The van der Waals surface area contributed by atoms with E-state index >= 15 is 0 Å². The number of halogens is 3. The first kappa shape index (κ1) is 21.9. The Labute approximate surface area is 174 Å². The van der Waals surface area contributed by atoms with Crippen LogP contribution in [0.2, 0.25) is 0 Å². The number of rotatable bonds is 5. The molecule has 4 N–H and O–H groups in total. The van der Waals surface area contributed by atoms with Crippen LogP contribution in [0.15, 0.2) is 18.3 Å². The molecule has 30 heavy (non-hydrogen) atoms. The minimum Gasteiger partial charge on any atom is -0.471 e. The van der Waals surface area contributed by atoms with Gasteiger partial charge in [-0.1, -0.05) is 9.78 Å². The highest BCUT2D eigenvalue weighted by Crippen LogP contribution is 2.26. The summed E-state index contributed by atoms with van der Waals surface area (Å²) in [6.45, 7) is 4.58. The predicted octanol–water partition coefficient (Wildman–Crippen LogP) is 1.80. The minimum atomic E-state index is -4.88. The molecule has 0 aliphatic carbocycles. The van der Waals surface area contributed by atoms with E-state index in [1.165, 1.54) is 30.4 Å². The number of anilines is 2. The van der Waals surface area contributed by atoms with Crippen molar-refractivity contribution in [2.75, 3.05) is 17.6 Å². The Morgan fingerprint density at radius 3 is 2.90 bits per heavy atom. The first-order valence-corrected chi connectivity index (χ1v) is 9.82. The van der Waals surface area contributed by atoms with Crippen LogP contribution in [0.3, 0.4) is 0 Å². The highest BCUT2D eigenvalue weighted by molar-refractivity contribution is 7.15. The zero-order chi connectivity index (χ0) is 22.1. The molecule has 0 aromatic carbocycles. The molecule has 1 fully saturated rings. The summed E-state index contributed by atoms with van der Waals surface area (Å²) in [6.07, 6.45) is -2.81. The third-order valence-corrected chi connectivity index (χ3v) is 5.37. The number of nitrogens with one attached hydrogen (secondary N) is 2. The van der Waals surface area contributed by atoms with Crippen LogP contribution >= 0.6 is 11.3 Å². The molecule has 1 saturated heterocycles. The van der Waals surface area contributed by atoms with Gasteiger partial charge < -0.3 is 15.8 Å². The SMILES string of the molecule is CC(=O)Nc1ncc(CN2C[C@H](Oc3ccc(N)[n+](C(=N)C(F)(F)F)n3)C[C@@H]2C)s1. The second kappa shape index (κ2) is 8.52. The van der Waals surface area contributed by atoms with Crippen molar-refractivity contribution in [2.24, 2.45) is 0 Å². The molecule has 162 valence electrons. The van der Waals surface area contributed by atoms with Crippen molar-refractivity contribution in [1.29, 1.82) is 5.41 Å². The number of hydrogen-bond donors (Lipinski definition) is 3. The fourth-order valence-electron chi connectivity index (χ4n) is 3.09. The maximum Gasteiger partial charge on any atom is 0.483 e. The van der Waals surface area contributed by atoms with E-state index in [-0.39, 0.29) is 29.8 Å². The van der Waals surface area contributed by atoms with Crippen molar-refractivity contribution in [3.05, 3.63) is 23.2 Å². The van der Waals surface area contributed by atoms with Crippen molar-refractivity contribution in [3.8, 4) is 5.88 Å². The van der Waals surface area contributed by atoms with Gasteiger partial charge in [0, 0.05) is 55.7 Å². The molecule has 0 spiro atoms. The molecule has 2 aromatic heterocycles. The summed E-state index contributed by atoms with van der Waals surface area (Å²) >= 11 is 1.38. The quantitative estimate of drug-likeness (QED) is 0.367. The second-order valence-corrected chi connectivity index (χ2v) is 8.04. The smallest absolute Gasteiger partial charge is 0.471 e. The molecule has 0 unspecified atom stereocenters. The highest BCUT2D eigenvalue weighted by atomic mass is 32.1. The van der Waals surface area contributed by atoms with Gasteiger partial charge in [-0.2, -0.15) is 18.6 Å². The van der Waals surface area contributed by atoms with E-state index < -0.39 is 12.0 Å². The van der Waals surface area contributed by atoms with Crippen molar-refractivity contribution in [1.82, 2.24) is 15.0 Å². The Morgan fingerprint density at radius 1 is 1.50 bits per heavy atom. The zero-order valence-corrected chi connectivity index (χ0v) is 17.0. The third kappa shape index (κ3) is 5.21. The topological polar surface area (TPSA) is 121 Å². The first-order valence-electron chi connectivity index (χ1n) is 9.01. The van der Waals surface area contributed by atoms with E-state index in [0.29, 0.717) is 29.3 Å². The number of nitrogens with two attached hydrogens (primary N) is 1. The Bertz CT molecular complexity index is 950. The average molecular weight is 444 g/mol. The fraction of sp³-hybridized carbons (Fsp3) is 0.471. The molecule has 3 rings (SSSR count). The molecule has 0 radical (unpaired) electrons. The molecule has 1 amide bonds. The van der Waals surface area contributed by atoms with Crippen molar-refractivity contribution in [3.63, 3.8) is 0 Å². The summed E-state index contributed by atoms with van der Waals surface area (Å²) in [6, 6.07) is 2.77. The maximum atomic E-state index is 12.8. The van der Waals surface area contributed by atoms with Gasteiger partial charge in [-0.3, -0.25) is 9.69 Å². The van der Waals surface area contributed by atoms with E-state index in [1.54, 1.807) is 6.20 Å². The standard InChI is InChI=1S/C17H20F3N7O2S/c1-9-5-11(7-26(9)8-12-6-23-16(30-12)24-10(2)28)29-14-4-3-13(21)27(25-14)15(22)17(18,19)20/h3-4,6,9,11,21-22H,5,7-8H2,1-2H3,(H,23,24,28)/p+1/t9-,11+/m0/s1. The van der Waals surface area contributed by atoms with Gasteiger partial charge in [0.25, 0.3) is 0 Å². The van der Waals surface area contributed by atoms with E-state index in [0.717, 1.165) is 4.88 Å². The predicted molar refractivity (Wildman–Crippen MR) is 103 cm³/mol. The van der Waals surface area contributed by atoms with Gasteiger partial charge in [0.15, 0.2) is 5.13 Å². The number of likely N-dealkylation sites (tertiary alicyclic amines) is 1. The normalized spacial score (nSPS) is 19.6. The molecular weight excluding hydrogens is 423 g/mol. The summed E-state index contributed by atoms with van der Waals surface area (Å²) in [7, 11) is 0. The number of nitrogen functional groups attached to an aromatic ring is 1. The average Bonchev–Trinajstić information content (AvgIpc) is 3.21. The molecule has 0 bridgehead atoms. The number of amides is 1. The monoisotopic (exact) mass is 444 g/mol. The van der Waals surface area contributed by atoms with Gasteiger partial charge in [0.1, 0.15) is 6.10 Å². The Balaban J connectivity index is 1.64. The molecule has 1 aliphatic rings. The second-order valence-electron chi connectivity index (χ2n) is 6.92. The number of carbonyl (C=O) groups excluding carboxylic acids is 1. The number of carbonyl (C=O) groups is 1. The summed E-state index contributed by atoms with van der Waals surface area (Å²) < 4.78 is 44.5. The number of alkyl halides is 3. The molecule has 1 aliphatic heterocycles. The van der Waals surface area contributed by atoms with Gasteiger partial charge in [-0.05, 0) is 6.92 Å². The van der Waals surface area contributed by atoms with Crippen LogP contribution in [-0.4, -0.2) is 51.6 Å². The lowest BCUT2D eigenvalue weighted by Gasteiger charge is -2.19. The van der Waals surface area contributed by atoms with Crippen molar-refractivity contribution >= 4 is 34.0 Å². The number of aromatic nitrogens is 3. The first-order chi connectivity index (χ1) is 14.0. The Hall–Kier alpha value is -2.80. The lowest BCUT2D eigenvalue weighted by molar-refractivity contribution is -0.620. The lowest BCUT2D eigenvalue weighted by atomic mass is 10.2. The molecule has 2 aromatic rings. The van der Waals surface area contributed by atoms with Gasteiger partial charge in [-0.25, -0.2) is 4.98 Å². The van der Waals surface area contributed by atoms with Crippen LogP contribution in [0.5, 0.6) is 5.88 Å². The van der Waals surface area contributed by atoms with Crippen molar-refractivity contribution in [2.45, 2.75) is 45.1 Å². The maximum absolute atomic E-state index is 12.8. The van der Waals surface area contributed by atoms with Crippen LogP contribution < -0.4 is 20.5 Å². The largest absolute Gasteiger partial charge is 0.483 e. The summed E-state index contributed by atoms with van der Waals surface area (Å²) in [5, 5.41) is 14.1. The van der Waals surface area contributed by atoms with Crippen LogP contribution in [0, 0.1) is 5.41 Å². The lowest BCUT2D eigenvalue weighted by Crippen LogP contribution is -2.55. The number of thiazole rings is 1. The summed E-state index contributed by atoms with van der Waals surface area (Å²) in [5.41, 5.74) is 5.52. The van der Waals surface area contributed by atoms with Crippen molar-refractivity contribution < 1.29 is 27.4 Å². The molecule has 0 saturated carbocycles. The molecule has 2 atom stereocenters. The van der Waals surface area contributed by atoms with Crippen LogP contribution in [0.25, 0.3) is 0 Å². The summed E-state index contributed by atoms with van der Waals surface area (Å²) in [5.74, 6) is -2.23. The number of nitrogens with zero attached hydrogens (tertiary/aromatic N) is 4. The van der Waals surface area contributed by atoms with E-state index in [9.17, 15) is 18.0 Å². The Kier molecular flexibility index (Phi) is 6.22. The zero-order valence-electron chi connectivity index (χ0n) is 16.2. The van der Waals surface area contributed by atoms with Gasteiger partial charge in [-0.15, -0.1) is 11.3 Å². The molecule has 13 heteroatoms. The molecule has 9 nitrogen and oxygen atoms in total. The van der Waals surface area contributed by atoms with E-state index in [1.807, 2.05) is 6.92 Å². The van der Waals surface area contributed by atoms with E-state index in [2.05, 4.69) is 20.3 Å². The minimum absolute atomic E-state index is 0.0389. The number of hydrogen-bond acceptors (Lipinski definition) is 8. The number of ether oxygens (including phenoxy) is 1. The Morgan fingerprint density at radius 2 is 2.23 bits per heavy atom. The third-order valence-electron chi connectivity index (χ3n) is 4.47. The molecule has 3 heterocycles. The summed E-state index contributed by atoms with van der Waals surface area (Å²) in [4.78, 5) is 18.4. The van der Waals surface area contributed by atoms with Gasteiger partial charge in [0.05, 0.1) is 0 Å².